The summed E-state index contributed by atoms with van der Waals surface area (Å²) in [5.74, 6) is 1.05. The largest absolute Gasteiger partial charge is 0.372 e. The molecule has 0 saturated carbocycles. The first-order valence-electron chi connectivity index (χ1n) is 10.2. The summed E-state index contributed by atoms with van der Waals surface area (Å²) in [5, 5.41) is 3.61. The van der Waals surface area contributed by atoms with Crippen molar-refractivity contribution in [1.29, 1.82) is 0 Å². The number of halogens is 1. The molecule has 1 N–H and O–H groups in total. The molecule has 0 radical (unpaired) electrons. The molecule has 2 aliphatic heterocycles. The van der Waals surface area contributed by atoms with E-state index in [0.29, 0.717) is 18.2 Å². The van der Waals surface area contributed by atoms with Crippen LogP contribution in [0.1, 0.15) is 66.7 Å². The molecule has 5 nitrogen and oxygen atoms in total. The highest BCUT2D eigenvalue weighted by molar-refractivity contribution is 14.0. The molecule has 154 valence electrons. The third kappa shape index (κ3) is 7.50. The van der Waals surface area contributed by atoms with Gasteiger partial charge in [-0.25, -0.2) is 0 Å². The van der Waals surface area contributed by atoms with Crippen molar-refractivity contribution in [1.82, 2.24) is 15.1 Å². The smallest absolute Gasteiger partial charge is 0.193 e. The number of guanidine groups is 1. The molecule has 0 bridgehead atoms. The zero-order valence-corrected chi connectivity index (χ0v) is 20.1. The summed E-state index contributed by atoms with van der Waals surface area (Å²) in [6, 6.07) is 1.26. The second-order valence-corrected chi connectivity index (χ2v) is 8.78. The molecule has 6 heteroatoms. The van der Waals surface area contributed by atoms with Crippen LogP contribution in [0.4, 0.5) is 0 Å². The van der Waals surface area contributed by atoms with Crippen LogP contribution >= 0.6 is 24.0 Å². The number of aliphatic imine (C=N–C) groups is 1. The average molecular weight is 480 g/mol. The molecule has 2 unspecified atom stereocenters. The number of hydrogen-bond acceptors (Lipinski definition) is 3. The first kappa shape index (κ1) is 24.0. The minimum absolute atomic E-state index is 0. The van der Waals surface area contributed by atoms with Gasteiger partial charge in [-0.15, -0.1) is 24.0 Å². The van der Waals surface area contributed by atoms with Gasteiger partial charge in [0.15, 0.2) is 5.96 Å². The maximum Gasteiger partial charge on any atom is 0.193 e. The van der Waals surface area contributed by atoms with Crippen LogP contribution in [-0.4, -0.2) is 72.8 Å². The third-order valence-electron chi connectivity index (χ3n) is 5.45. The number of ether oxygens (including phenoxy) is 1. The molecular formula is C20H41IN4O. The molecule has 26 heavy (non-hydrogen) atoms. The molecule has 2 rings (SSSR count). The van der Waals surface area contributed by atoms with E-state index in [2.05, 4.69) is 54.7 Å². The zero-order valence-electron chi connectivity index (χ0n) is 17.8. The number of hydrogen-bond donors (Lipinski definition) is 1. The number of rotatable bonds is 4. The van der Waals surface area contributed by atoms with Crippen molar-refractivity contribution < 1.29 is 4.74 Å². The Morgan fingerprint density at radius 2 is 1.81 bits per heavy atom. The Balaban J connectivity index is 0.00000338. The average Bonchev–Trinajstić information content (AvgIpc) is 2.55. The van der Waals surface area contributed by atoms with E-state index in [0.717, 1.165) is 38.4 Å². The third-order valence-corrected chi connectivity index (χ3v) is 5.45. The first-order valence-corrected chi connectivity index (χ1v) is 10.2. The number of nitrogens with zero attached hydrogens (tertiary/aromatic N) is 3. The highest BCUT2D eigenvalue weighted by Crippen LogP contribution is 2.21. The minimum Gasteiger partial charge on any atom is -0.372 e. The van der Waals surface area contributed by atoms with Crippen molar-refractivity contribution in [2.75, 3.05) is 33.2 Å². The van der Waals surface area contributed by atoms with Crippen molar-refractivity contribution >= 4 is 29.9 Å². The zero-order chi connectivity index (χ0) is 18.4. The quantitative estimate of drug-likeness (QED) is 0.378. The molecule has 0 spiro atoms. The molecule has 0 aromatic carbocycles. The lowest BCUT2D eigenvalue weighted by atomic mass is 10.0. The summed E-state index contributed by atoms with van der Waals surface area (Å²) < 4.78 is 6.14. The Morgan fingerprint density at radius 1 is 1.15 bits per heavy atom. The fraction of sp³-hybridized carbons (Fsp3) is 0.950. The SMILES string of the molecule is CN=C(NCC(C)N1CCCCC1C)N1CCC(OC(C)(C)C)CC1.I. The van der Waals surface area contributed by atoms with E-state index in [9.17, 15) is 0 Å². The van der Waals surface area contributed by atoms with Gasteiger partial charge in [0.25, 0.3) is 0 Å². The molecule has 2 heterocycles. The number of nitrogens with one attached hydrogen (secondary N) is 1. The molecule has 2 fully saturated rings. The molecule has 0 aromatic heterocycles. The van der Waals surface area contributed by atoms with Gasteiger partial charge < -0.3 is 15.0 Å². The van der Waals surface area contributed by atoms with E-state index in [-0.39, 0.29) is 29.6 Å². The monoisotopic (exact) mass is 480 g/mol. The lowest BCUT2D eigenvalue weighted by Crippen LogP contribution is -2.52. The second kappa shape index (κ2) is 11.1. The van der Waals surface area contributed by atoms with E-state index < -0.39 is 0 Å². The lowest BCUT2D eigenvalue weighted by Gasteiger charge is -2.40. The van der Waals surface area contributed by atoms with Crippen molar-refractivity contribution in [2.24, 2.45) is 4.99 Å². The predicted molar refractivity (Wildman–Crippen MR) is 122 cm³/mol. The Labute approximate surface area is 178 Å². The fourth-order valence-electron chi connectivity index (χ4n) is 4.15. The van der Waals surface area contributed by atoms with Crippen LogP contribution in [0.15, 0.2) is 4.99 Å². The molecule has 0 aliphatic carbocycles. The van der Waals surface area contributed by atoms with Crippen LogP contribution in [0.5, 0.6) is 0 Å². The van der Waals surface area contributed by atoms with Crippen LogP contribution in [-0.2, 0) is 4.74 Å². The first-order chi connectivity index (χ1) is 11.8. The maximum atomic E-state index is 6.14. The minimum atomic E-state index is -0.0483. The maximum absolute atomic E-state index is 6.14. The Kier molecular flexibility index (Phi) is 10.2. The van der Waals surface area contributed by atoms with Crippen molar-refractivity contribution in [3.8, 4) is 0 Å². The highest BCUT2D eigenvalue weighted by atomic mass is 127. The van der Waals surface area contributed by atoms with Crippen LogP contribution in [0.3, 0.4) is 0 Å². The van der Waals surface area contributed by atoms with E-state index in [1.807, 2.05) is 7.05 Å². The summed E-state index contributed by atoms with van der Waals surface area (Å²) in [7, 11) is 1.90. The van der Waals surface area contributed by atoms with Crippen LogP contribution < -0.4 is 5.32 Å². The lowest BCUT2D eigenvalue weighted by molar-refractivity contribution is -0.0773. The highest BCUT2D eigenvalue weighted by Gasteiger charge is 2.27. The molecule has 0 amide bonds. The van der Waals surface area contributed by atoms with Crippen LogP contribution in [0.25, 0.3) is 0 Å². The summed E-state index contributed by atoms with van der Waals surface area (Å²) >= 11 is 0. The van der Waals surface area contributed by atoms with Gasteiger partial charge >= 0.3 is 0 Å². The van der Waals surface area contributed by atoms with Gasteiger partial charge in [0.05, 0.1) is 11.7 Å². The van der Waals surface area contributed by atoms with Crippen molar-refractivity contribution in [3.63, 3.8) is 0 Å². The van der Waals surface area contributed by atoms with E-state index in [4.69, 9.17) is 4.74 Å². The Bertz CT molecular complexity index is 430. The van der Waals surface area contributed by atoms with E-state index in [1.165, 1.54) is 25.8 Å². The molecular weight excluding hydrogens is 439 g/mol. The molecule has 0 aromatic rings. The normalized spacial score (nSPS) is 24.9. The Hall–Kier alpha value is -0.0800. The van der Waals surface area contributed by atoms with Crippen molar-refractivity contribution in [3.05, 3.63) is 0 Å². The van der Waals surface area contributed by atoms with Crippen LogP contribution in [0, 0.1) is 0 Å². The van der Waals surface area contributed by atoms with Crippen LogP contribution in [0.2, 0.25) is 0 Å². The summed E-state index contributed by atoms with van der Waals surface area (Å²) in [6.45, 7) is 15.4. The van der Waals surface area contributed by atoms with Gasteiger partial charge in [0, 0.05) is 38.8 Å². The van der Waals surface area contributed by atoms with Gasteiger partial charge in [-0.3, -0.25) is 9.89 Å². The van der Waals surface area contributed by atoms with Gasteiger partial charge in [0.2, 0.25) is 0 Å². The number of likely N-dealkylation sites (tertiary alicyclic amines) is 2. The van der Waals surface area contributed by atoms with E-state index >= 15 is 0 Å². The fourth-order valence-corrected chi connectivity index (χ4v) is 4.15. The van der Waals surface area contributed by atoms with Gasteiger partial charge in [0.1, 0.15) is 0 Å². The topological polar surface area (TPSA) is 40.1 Å². The van der Waals surface area contributed by atoms with E-state index in [1.54, 1.807) is 0 Å². The van der Waals surface area contributed by atoms with Crippen molar-refractivity contribution in [2.45, 2.75) is 90.5 Å². The van der Waals surface area contributed by atoms with Gasteiger partial charge in [-0.2, -0.15) is 0 Å². The summed E-state index contributed by atoms with van der Waals surface area (Å²) in [4.78, 5) is 9.55. The molecule has 2 aliphatic rings. The summed E-state index contributed by atoms with van der Waals surface area (Å²) in [5.41, 5.74) is -0.0483. The molecule has 2 atom stereocenters. The van der Waals surface area contributed by atoms with Gasteiger partial charge in [-0.1, -0.05) is 6.42 Å². The Morgan fingerprint density at radius 3 is 2.35 bits per heavy atom. The number of piperidine rings is 2. The predicted octanol–water partition coefficient (Wildman–Crippen LogP) is 3.72. The van der Waals surface area contributed by atoms with Gasteiger partial charge in [-0.05, 0) is 66.8 Å². The summed E-state index contributed by atoms with van der Waals surface area (Å²) in [6.07, 6.45) is 6.59. The molecule has 2 saturated heterocycles. The second-order valence-electron chi connectivity index (χ2n) is 8.78. The standard InChI is InChI=1S/C20H40N4O.HI/c1-16-9-7-8-12-24(16)17(2)15-22-19(21-6)23-13-10-18(11-14-23)25-20(3,4)5;/h16-18H,7-15H2,1-6H3,(H,21,22);1H.